The molecule has 3 heterocycles. The van der Waals surface area contributed by atoms with E-state index in [2.05, 4.69) is 20.1 Å². The summed E-state index contributed by atoms with van der Waals surface area (Å²) >= 11 is 0. The van der Waals surface area contributed by atoms with Crippen molar-refractivity contribution in [2.75, 3.05) is 31.6 Å². The van der Waals surface area contributed by atoms with Gasteiger partial charge in [-0.3, -0.25) is 9.59 Å². The van der Waals surface area contributed by atoms with Gasteiger partial charge in [-0.1, -0.05) is 0 Å². The third-order valence-electron chi connectivity index (χ3n) is 6.79. The Kier molecular flexibility index (Phi) is 5.27. The fourth-order valence-corrected chi connectivity index (χ4v) is 5.12. The zero-order valence-electron chi connectivity index (χ0n) is 16.6. The highest BCUT2D eigenvalue weighted by Gasteiger charge is 2.50. The number of anilines is 1. The van der Waals surface area contributed by atoms with Gasteiger partial charge in [-0.2, -0.15) is 0 Å². The lowest BCUT2D eigenvalue weighted by molar-refractivity contribution is -0.139. The summed E-state index contributed by atoms with van der Waals surface area (Å²) in [5, 5.41) is 12.4. The van der Waals surface area contributed by atoms with Crippen LogP contribution in [0.3, 0.4) is 0 Å². The first-order valence-electron chi connectivity index (χ1n) is 10.4. The largest absolute Gasteiger partial charge is 0.393 e. The highest BCUT2D eigenvalue weighted by molar-refractivity contribution is 5.93. The molecule has 1 aromatic rings. The standard InChI is InChI=1S/C21H30N4O3/c1-22-19(27)15-3-8-18(23-13-15)24-11-2-9-21(14-24)10-12-25(20(21)28)16-4-6-17(26)7-5-16/h3,8,13,16-17,26H,2,4-7,9-12,14H2,1H3,(H,22,27)/t16-,17-,21-/m0/s1. The Balaban J connectivity index is 1.46. The normalized spacial score (nSPS) is 30.7. The first-order chi connectivity index (χ1) is 13.5. The van der Waals surface area contributed by atoms with Crippen LogP contribution in [0.25, 0.3) is 0 Å². The Morgan fingerprint density at radius 2 is 2.00 bits per heavy atom. The number of carbonyl (C=O) groups excluding carboxylic acids is 2. The van der Waals surface area contributed by atoms with E-state index in [-0.39, 0.29) is 23.5 Å². The van der Waals surface area contributed by atoms with Gasteiger partial charge < -0.3 is 20.2 Å². The van der Waals surface area contributed by atoms with Gasteiger partial charge in [-0.05, 0) is 57.1 Å². The molecule has 3 fully saturated rings. The van der Waals surface area contributed by atoms with Gasteiger partial charge in [0.05, 0.1) is 17.1 Å². The lowest BCUT2D eigenvalue weighted by Crippen LogP contribution is -2.50. The first-order valence-corrected chi connectivity index (χ1v) is 10.4. The van der Waals surface area contributed by atoms with Crippen molar-refractivity contribution in [3.63, 3.8) is 0 Å². The van der Waals surface area contributed by atoms with Gasteiger partial charge in [0, 0.05) is 38.9 Å². The van der Waals surface area contributed by atoms with Crippen molar-refractivity contribution < 1.29 is 14.7 Å². The van der Waals surface area contributed by atoms with Crippen molar-refractivity contribution in [2.24, 2.45) is 5.41 Å². The van der Waals surface area contributed by atoms with E-state index in [0.717, 1.165) is 63.9 Å². The number of hydrogen-bond acceptors (Lipinski definition) is 5. The van der Waals surface area contributed by atoms with Crippen molar-refractivity contribution in [3.05, 3.63) is 23.9 Å². The fraction of sp³-hybridized carbons (Fsp3) is 0.667. The average molecular weight is 386 g/mol. The van der Waals surface area contributed by atoms with E-state index < -0.39 is 0 Å². The molecule has 2 saturated heterocycles. The smallest absolute Gasteiger partial charge is 0.252 e. The third-order valence-corrected chi connectivity index (χ3v) is 6.79. The molecule has 28 heavy (non-hydrogen) atoms. The molecular weight excluding hydrogens is 356 g/mol. The first kappa shape index (κ1) is 19.2. The SMILES string of the molecule is CNC(=O)c1ccc(N2CCC[C@]3(CCN([C@H]4CC[C@H](O)CC4)C3=O)C2)nc1. The van der Waals surface area contributed by atoms with Crippen molar-refractivity contribution in [1.29, 1.82) is 0 Å². The molecule has 1 saturated carbocycles. The van der Waals surface area contributed by atoms with E-state index in [0.29, 0.717) is 18.0 Å². The Morgan fingerprint density at radius 1 is 1.21 bits per heavy atom. The van der Waals surface area contributed by atoms with Crippen LogP contribution in [0.2, 0.25) is 0 Å². The van der Waals surface area contributed by atoms with Crippen molar-refractivity contribution in [1.82, 2.24) is 15.2 Å². The maximum absolute atomic E-state index is 13.4. The number of nitrogens with one attached hydrogen (secondary N) is 1. The maximum atomic E-state index is 13.4. The molecule has 2 N–H and O–H groups in total. The third kappa shape index (κ3) is 3.48. The molecule has 1 spiro atoms. The molecule has 3 aliphatic rings. The van der Waals surface area contributed by atoms with Crippen LogP contribution < -0.4 is 10.2 Å². The summed E-state index contributed by atoms with van der Waals surface area (Å²) in [6.07, 6.45) is 7.64. The van der Waals surface area contributed by atoms with Crippen LogP contribution in [0.1, 0.15) is 55.3 Å². The molecule has 0 radical (unpaired) electrons. The molecule has 152 valence electrons. The summed E-state index contributed by atoms with van der Waals surface area (Å²) in [7, 11) is 1.61. The second-order valence-electron chi connectivity index (χ2n) is 8.50. The Bertz CT molecular complexity index is 730. The Labute approximate surface area is 166 Å². The monoisotopic (exact) mass is 386 g/mol. The van der Waals surface area contributed by atoms with Crippen LogP contribution in [0.4, 0.5) is 5.82 Å². The number of hydrogen-bond donors (Lipinski definition) is 2. The molecule has 0 aromatic carbocycles. The van der Waals surface area contributed by atoms with Gasteiger partial charge in [0.2, 0.25) is 5.91 Å². The predicted molar refractivity (Wildman–Crippen MR) is 106 cm³/mol. The van der Waals surface area contributed by atoms with E-state index >= 15 is 0 Å². The second kappa shape index (κ2) is 7.70. The number of pyridine rings is 1. The van der Waals surface area contributed by atoms with E-state index in [4.69, 9.17) is 0 Å². The minimum atomic E-state index is -0.310. The highest BCUT2D eigenvalue weighted by atomic mass is 16.3. The summed E-state index contributed by atoms with van der Waals surface area (Å²) in [4.78, 5) is 33.9. The van der Waals surface area contributed by atoms with E-state index in [1.165, 1.54) is 0 Å². The molecule has 1 aromatic heterocycles. The minimum Gasteiger partial charge on any atom is -0.393 e. The number of nitrogens with zero attached hydrogens (tertiary/aromatic N) is 3. The molecule has 2 amide bonds. The number of rotatable bonds is 3. The van der Waals surface area contributed by atoms with Crippen LogP contribution >= 0.6 is 0 Å². The maximum Gasteiger partial charge on any atom is 0.252 e. The fourth-order valence-electron chi connectivity index (χ4n) is 5.12. The minimum absolute atomic E-state index is 0.145. The number of amides is 2. The van der Waals surface area contributed by atoms with E-state index in [9.17, 15) is 14.7 Å². The molecule has 7 nitrogen and oxygen atoms in total. The lowest BCUT2D eigenvalue weighted by atomic mass is 9.78. The Morgan fingerprint density at radius 3 is 2.68 bits per heavy atom. The van der Waals surface area contributed by atoms with Crippen LogP contribution in [0.5, 0.6) is 0 Å². The molecule has 1 aliphatic carbocycles. The van der Waals surface area contributed by atoms with Crippen LogP contribution in [-0.4, -0.2) is 65.6 Å². The van der Waals surface area contributed by atoms with Gasteiger partial charge in [-0.15, -0.1) is 0 Å². The summed E-state index contributed by atoms with van der Waals surface area (Å²) in [6, 6.07) is 3.96. The number of aromatic nitrogens is 1. The summed E-state index contributed by atoms with van der Waals surface area (Å²) in [6.45, 7) is 2.41. The van der Waals surface area contributed by atoms with Gasteiger partial charge in [0.15, 0.2) is 0 Å². The van der Waals surface area contributed by atoms with Gasteiger partial charge >= 0.3 is 0 Å². The van der Waals surface area contributed by atoms with E-state index in [1.807, 2.05) is 6.07 Å². The molecular formula is C21H30N4O3. The predicted octanol–water partition coefficient (Wildman–Crippen LogP) is 1.56. The number of carbonyl (C=O) groups is 2. The van der Waals surface area contributed by atoms with Gasteiger partial charge in [0.1, 0.15) is 5.82 Å². The Hall–Kier alpha value is -2.15. The van der Waals surface area contributed by atoms with Crippen molar-refractivity contribution in [2.45, 2.75) is 57.1 Å². The molecule has 0 bridgehead atoms. The molecule has 7 heteroatoms. The van der Waals surface area contributed by atoms with Crippen molar-refractivity contribution >= 4 is 17.6 Å². The molecule has 1 atom stereocenters. The van der Waals surface area contributed by atoms with Crippen LogP contribution in [0, 0.1) is 5.41 Å². The summed E-state index contributed by atoms with van der Waals surface area (Å²) < 4.78 is 0. The second-order valence-corrected chi connectivity index (χ2v) is 8.50. The van der Waals surface area contributed by atoms with Gasteiger partial charge in [0.25, 0.3) is 5.91 Å². The van der Waals surface area contributed by atoms with Crippen LogP contribution in [-0.2, 0) is 4.79 Å². The topological polar surface area (TPSA) is 85.8 Å². The number of piperidine rings is 1. The van der Waals surface area contributed by atoms with Crippen LogP contribution in [0.15, 0.2) is 18.3 Å². The number of aliphatic hydroxyl groups is 1. The molecule has 0 unspecified atom stereocenters. The number of likely N-dealkylation sites (tertiary alicyclic amines) is 1. The summed E-state index contributed by atoms with van der Waals surface area (Å²) in [5.41, 5.74) is 0.232. The molecule has 4 rings (SSSR count). The summed E-state index contributed by atoms with van der Waals surface area (Å²) in [5.74, 6) is 0.979. The lowest BCUT2D eigenvalue weighted by Gasteiger charge is -2.41. The zero-order valence-corrected chi connectivity index (χ0v) is 16.6. The zero-order chi connectivity index (χ0) is 19.7. The quantitative estimate of drug-likeness (QED) is 0.824. The molecule has 2 aliphatic heterocycles. The highest BCUT2D eigenvalue weighted by Crippen LogP contribution is 2.43. The van der Waals surface area contributed by atoms with Gasteiger partial charge in [-0.25, -0.2) is 4.98 Å². The number of aliphatic hydroxyl groups excluding tert-OH is 1. The van der Waals surface area contributed by atoms with Crippen molar-refractivity contribution in [3.8, 4) is 0 Å². The van der Waals surface area contributed by atoms with E-state index in [1.54, 1.807) is 19.3 Å². The average Bonchev–Trinajstić information content (AvgIpc) is 3.04.